The van der Waals surface area contributed by atoms with Crippen LogP contribution in [0, 0.1) is 0 Å². The standard InChI is InChI=1S/C10H22N2O/c1-8(2)11-10-6-12(7-10)5-4-9(3)13/h8-11,13H,4-7H2,1-3H3. The van der Waals surface area contributed by atoms with Crippen LogP contribution in [0.2, 0.25) is 0 Å². The highest BCUT2D eigenvalue weighted by molar-refractivity contribution is 4.86. The number of aliphatic hydroxyl groups is 1. The molecule has 3 nitrogen and oxygen atoms in total. The SMILES string of the molecule is CC(O)CCN1CC(NC(C)C)C1. The molecule has 1 atom stereocenters. The Balaban J connectivity index is 1.98. The van der Waals surface area contributed by atoms with Crippen molar-refractivity contribution in [3.63, 3.8) is 0 Å². The molecule has 2 N–H and O–H groups in total. The molecule has 1 rings (SSSR count). The zero-order valence-electron chi connectivity index (χ0n) is 8.95. The second-order valence-electron chi connectivity index (χ2n) is 4.42. The topological polar surface area (TPSA) is 35.5 Å². The van der Waals surface area contributed by atoms with Crippen molar-refractivity contribution in [1.29, 1.82) is 0 Å². The average Bonchev–Trinajstić information content (AvgIpc) is 1.92. The minimum Gasteiger partial charge on any atom is -0.393 e. The average molecular weight is 186 g/mol. The molecule has 0 aromatic rings. The predicted octanol–water partition coefficient (Wildman–Crippen LogP) is 0.439. The molecule has 0 aromatic heterocycles. The van der Waals surface area contributed by atoms with Crippen LogP contribution < -0.4 is 5.32 Å². The van der Waals surface area contributed by atoms with Crippen molar-refractivity contribution < 1.29 is 5.11 Å². The molecule has 1 saturated heterocycles. The first-order valence-corrected chi connectivity index (χ1v) is 5.24. The van der Waals surface area contributed by atoms with Crippen molar-refractivity contribution in [3.8, 4) is 0 Å². The van der Waals surface area contributed by atoms with Gasteiger partial charge in [-0.05, 0) is 13.3 Å². The van der Waals surface area contributed by atoms with E-state index in [4.69, 9.17) is 5.11 Å². The molecule has 1 heterocycles. The molecule has 0 saturated carbocycles. The number of likely N-dealkylation sites (tertiary alicyclic amines) is 1. The molecule has 1 aliphatic heterocycles. The van der Waals surface area contributed by atoms with E-state index in [1.807, 2.05) is 6.92 Å². The molecule has 0 aromatic carbocycles. The molecule has 0 spiro atoms. The van der Waals surface area contributed by atoms with Crippen molar-refractivity contribution in [2.75, 3.05) is 19.6 Å². The van der Waals surface area contributed by atoms with E-state index in [-0.39, 0.29) is 6.10 Å². The van der Waals surface area contributed by atoms with Gasteiger partial charge in [-0.15, -0.1) is 0 Å². The number of rotatable bonds is 5. The molecule has 13 heavy (non-hydrogen) atoms. The van der Waals surface area contributed by atoms with Crippen molar-refractivity contribution in [1.82, 2.24) is 10.2 Å². The summed E-state index contributed by atoms with van der Waals surface area (Å²) in [6, 6.07) is 1.26. The maximum absolute atomic E-state index is 9.09. The zero-order valence-corrected chi connectivity index (χ0v) is 8.95. The van der Waals surface area contributed by atoms with Gasteiger partial charge in [0.05, 0.1) is 6.10 Å². The van der Waals surface area contributed by atoms with Gasteiger partial charge in [0.2, 0.25) is 0 Å². The molecule has 0 aliphatic carbocycles. The van der Waals surface area contributed by atoms with Crippen molar-refractivity contribution in [2.45, 2.75) is 45.4 Å². The second kappa shape index (κ2) is 4.94. The van der Waals surface area contributed by atoms with Gasteiger partial charge in [0, 0.05) is 31.7 Å². The summed E-state index contributed by atoms with van der Waals surface area (Å²) in [4.78, 5) is 2.38. The summed E-state index contributed by atoms with van der Waals surface area (Å²) in [6.45, 7) is 9.53. The number of hydrogen-bond acceptors (Lipinski definition) is 3. The Morgan fingerprint density at radius 2 is 2.00 bits per heavy atom. The summed E-state index contributed by atoms with van der Waals surface area (Å²) in [7, 11) is 0. The Kier molecular flexibility index (Phi) is 4.16. The Morgan fingerprint density at radius 1 is 1.38 bits per heavy atom. The summed E-state index contributed by atoms with van der Waals surface area (Å²) in [5.41, 5.74) is 0. The lowest BCUT2D eigenvalue weighted by molar-refractivity contribution is 0.0929. The van der Waals surface area contributed by atoms with Gasteiger partial charge >= 0.3 is 0 Å². The van der Waals surface area contributed by atoms with Gasteiger partial charge in [-0.3, -0.25) is 0 Å². The summed E-state index contributed by atoms with van der Waals surface area (Å²) < 4.78 is 0. The smallest absolute Gasteiger partial charge is 0.0524 e. The Bertz CT molecular complexity index is 142. The highest BCUT2D eigenvalue weighted by atomic mass is 16.3. The predicted molar refractivity (Wildman–Crippen MR) is 54.8 cm³/mol. The zero-order chi connectivity index (χ0) is 9.84. The van der Waals surface area contributed by atoms with Gasteiger partial charge in [0.25, 0.3) is 0 Å². The molecule has 0 bridgehead atoms. The minimum absolute atomic E-state index is 0.155. The van der Waals surface area contributed by atoms with Gasteiger partial charge in [-0.2, -0.15) is 0 Å². The molecular weight excluding hydrogens is 164 g/mol. The van der Waals surface area contributed by atoms with E-state index in [0.717, 1.165) is 26.1 Å². The Morgan fingerprint density at radius 3 is 2.46 bits per heavy atom. The van der Waals surface area contributed by atoms with E-state index < -0.39 is 0 Å². The fourth-order valence-electron chi connectivity index (χ4n) is 1.70. The van der Waals surface area contributed by atoms with Crippen LogP contribution in [0.25, 0.3) is 0 Å². The van der Waals surface area contributed by atoms with E-state index in [1.165, 1.54) is 0 Å². The van der Waals surface area contributed by atoms with Crippen LogP contribution in [0.1, 0.15) is 27.2 Å². The fraction of sp³-hybridized carbons (Fsp3) is 1.00. The van der Waals surface area contributed by atoms with Crippen LogP contribution in [0.3, 0.4) is 0 Å². The third kappa shape index (κ3) is 4.07. The first-order chi connectivity index (χ1) is 6.08. The van der Waals surface area contributed by atoms with Gasteiger partial charge in [-0.25, -0.2) is 0 Å². The minimum atomic E-state index is -0.155. The van der Waals surface area contributed by atoms with Crippen LogP contribution in [0.5, 0.6) is 0 Å². The Labute approximate surface area is 81.1 Å². The largest absolute Gasteiger partial charge is 0.393 e. The first kappa shape index (κ1) is 11.0. The Hall–Kier alpha value is -0.120. The van der Waals surface area contributed by atoms with E-state index in [0.29, 0.717) is 12.1 Å². The van der Waals surface area contributed by atoms with Crippen molar-refractivity contribution in [3.05, 3.63) is 0 Å². The lowest BCUT2D eigenvalue weighted by Crippen LogP contribution is -2.59. The van der Waals surface area contributed by atoms with Crippen LogP contribution in [0.15, 0.2) is 0 Å². The molecule has 3 heteroatoms. The van der Waals surface area contributed by atoms with Gasteiger partial charge in [0.1, 0.15) is 0 Å². The third-order valence-electron chi connectivity index (χ3n) is 2.39. The fourth-order valence-corrected chi connectivity index (χ4v) is 1.70. The summed E-state index contributed by atoms with van der Waals surface area (Å²) >= 11 is 0. The molecule has 1 aliphatic rings. The number of hydrogen-bond donors (Lipinski definition) is 2. The quantitative estimate of drug-likeness (QED) is 0.654. The number of nitrogens with one attached hydrogen (secondary N) is 1. The summed E-state index contributed by atoms with van der Waals surface area (Å²) in [5.74, 6) is 0. The second-order valence-corrected chi connectivity index (χ2v) is 4.42. The van der Waals surface area contributed by atoms with Gasteiger partial charge in [-0.1, -0.05) is 13.8 Å². The van der Waals surface area contributed by atoms with Gasteiger partial charge < -0.3 is 15.3 Å². The van der Waals surface area contributed by atoms with Crippen LogP contribution in [-0.4, -0.2) is 47.8 Å². The summed E-state index contributed by atoms with van der Waals surface area (Å²) in [5, 5.41) is 12.6. The number of aliphatic hydroxyl groups excluding tert-OH is 1. The normalized spacial score (nSPS) is 21.9. The van der Waals surface area contributed by atoms with Crippen molar-refractivity contribution in [2.24, 2.45) is 0 Å². The van der Waals surface area contributed by atoms with Gasteiger partial charge in [0.15, 0.2) is 0 Å². The summed E-state index contributed by atoms with van der Waals surface area (Å²) in [6.07, 6.45) is 0.742. The van der Waals surface area contributed by atoms with Crippen LogP contribution in [-0.2, 0) is 0 Å². The van der Waals surface area contributed by atoms with E-state index in [1.54, 1.807) is 0 Å². The third-order valence-corrected chi connectivity index (χ3v) is 2.39. The highest BCUT2D eigenvalue weighted by Gasteiger charge is 2.26. The van der Waals surface area contributed by atoms with Crippen LogP contribution >= 0.6 is 0 Å². The lowest BCUT2D eigenvalue weighted by Gasteiger charge is -2.41. The van der Waals surface area contributed by atoms with E-state index in [9.17, 15) is 0 Å². The highest BCUT2D eigenvalue weighted by Crippen LogP contribution is 2.09. The van der Waals surface area contributed by atoms with Crippen molar-refractivity contribution >= 4 is 0 Å². The molecular formula is C10H22N2O. The lowest BCUT2D eigenvalue weighted by atomic mass is 10.1. The molecule has 1 fully saturated rings. The monoisotopic (exact) mass is 186 g/mol. The maximum atomic E-state index is 9.09. The molecule has 78 valence electrons. The number of nitrogens with zero attached hydrogens (tertiary/aromatic N) is 1. The van der Waals surface area contributed by atoms with E-state index >= 15 is 0 Å². The molecule has 0 amide bonds. The maximum Gasteiger partial charge on any atom is 0.0524 e. The van der Waals surface area contributed by atoms with E-state index in [2.05, 4.69) is 24.1 Å². The van der Waals surface area contributed by atoms with Crippen LogP contribution in [0.4, 0.5) is 0 Å². The first-order valence-electron chi connectivity index (χ1n) is 5.24. The molecule has 0 radical (unpaired) electrons. The molecule has 1 unspecified atom stereocenters.